The first-order valence-electron chi connectivity index (χ1n) is 19.8. The minimum atomic E-state index is -0.490. The summed E-state index contributed by atoms with van der Waals surface area (Å²) in [4.78, 5) is 50.0. The van der Waals surface area contributed by atoms with Gasteiger partial charge in [-0.1, -0.05) is 123 Å². The molecule has 0 fully saturated rings. The summed E-state index contributed by atoms with van der Waals surface area (Å²) in [5.74, 6) is 0.0716. The van der Waals surface area contributed by atoms with Crippen LogP contribution in [-0.4, -0.2) is 23.9 Å². The van der Waals surface area contributed by atoms with Gasteiger partial charge in [-0.15, -0.1) is 0 Å². The van der Waals surface area contributed by atoms with Crippen LogP contribution in [0.2, 0.25) is 0 Å². The highest BCUT2D eigenvalue weighted by atomic mass is 16.5. The van der Waals surface area contributed by atoms with E-state index in [1.165, 1.54) is 0 Å². The van der Waals surface area contributed by atoms with Crippen molar-refractivity contribution in [3.63, 3.8) is 0 Å². The Kier molecular flexibility index (Phi) is 15.1. The van der Waals surface area contributed by atoms with Crippen molar-refractivity contribution >= 4 is 23.9 Å². The van der Waals surface area contributed by atoms with Crippen LogP contribution < -0.4 is 18.9 Å². The molecule has 0 aliphatic heterocycles. The Hall–Kier alpha value is -6.80. The standard InChI is InChI=1S/C50H46O8/c51-47(55-43-33-25-41(26-34-43)49(53)57-45-29-21-39(22-30-45)37-15-9-7-10-16-37)19-13-5-3-1-2-4-6-14-20-48(52)56-44-35-27-42(28-36-44)50(54)58-46-31-23-40(24-32-46)38-17-11-8-12-18-38/h7-12,15-18,21-36H,1-6,13-14,19-20H2. The zero-order chi connectivity index (χ0) is 40.4. The van der Waals surface area contributed by atoms with Crippen molar-refractivity contribution in [2.24, 2.45) is 0 Å². The molecule has 0 atom stereocenters. The van der Waals surface area contributed by atoms with Crippen LogP contribution in [0.25, 0.3) is 22.3 Å². The van der Waals surface area contributed by atoms with E-state index in [4.69, 9.17) is 18.9 Å². The summed E-state index contributed by atoms with van der Waals surface area (Å²) in [6.07, 6.45) is 8.13. The summed E-state index contributed by atoms with van der Waals surface area (Å²) in [7, 11) is 0. The number of hydrogen-bond donors (Lipinski definition) is 0. The van der Waals surface area contributed by atoms with Gasteiger partial charge in [0.25, 0.3) is 0 Å². The van der Waals surface area contributed by atoms with Gasteiger partial charge in [0.15, 0.2) is 0 Å². The minimum Gasteiger partial charge on any atom is -0.427 e. The lowest BCUT2D eigenvalue weighted by Gasteiger charge is -2.08. The topological polar surface area (TPSA) is 105 Å². The molecule has 0 saturated carbocycles. The smallest absolute Gasteiger partial charge is 0.343 e. The fraction of sp³-hybridized carbons (Fsp3) is 0.200. The molecule has 0 aliphatic carbocycles. The normalized spacial score (nSPS) is 10.7. The van der Waals surface area contributed by atoms with Crippen LogP contribution in [-0.2, 0) is 9.59 Å². The van der Waals surface area contributed by atoms with E-state index in [1.54, 1.807) is 72.8 Å². The van der Waals surface area contributed by atoms with Crippen LogP contribution in [0.1, 0.15) is 84.9 Å². The Morgan fingerprint density at radius 3 is 0.914 bits per heavy atom. The SMILES string of the molecule is O=C(CCCCCCCCCCC(=O)Oc1ccc(C(=O)Oc2ccc(-c3ccccc3)cc2)cc1)Oc1ccc(C(=O)Oc2ccc(-c3ccccc3)cc2)cc1. The molecule has 0 spiro atoms. The van der Waals surface area contributed by atoms with Gasteiger partial charge < -0.3 is 18.9 Å². The highest BCUT2D eigenvalue weighted by Gasteiger charge is 2.13. The molecular formula is C50H46O8. The molecule has 0 bridgehead atoms. The van der Waals surface area contributed by atoms with Gasteiger partial charge in [-0.25, -0.2) is 9.59 Å². The second-order valence-corrected chi connectivity index (χ2v) is 13.9. The van der Waals surface area contributed by atoms with Crippen LogP contribution in [0.4, 0.5) is 0 Å². The van der Waals surface area contributed by atoms with Crippen molar-refractivity contribution < 1.29 is 38.1 Å². The van der Waals surface area contributed by atoms with E-state index in [0.717, 1.165) is 73.6 Å². The van der Waals surface area contributed by atoms with Gasteiger partial charge in [-0.2, -0.15) is 0 Å². The Balaban J connectivity index is 0.772. The van der Waals surface area contributed by atoms with Crippen LogP contribution in [0.15, 0.2) is 158 Å². The van der Waals surface area contributed by atoms with Crippen molar-refractivity contribution in [3.05, 3.63) is 169 Å². The summed E-state index contributed by atoms with van der Waals surface area (Å²) >= 11 is 0. The van der Waals surface area contributed by atoms with Crippen molar-refractivity contribution in [1.29, 1.82) is 0 Å². The fourth-order valence-electron chi connectivity index (χ4n) is 6.31. The number of unbranched alkanes of at least 4 members (excludes halogenated alkanes) is 7. The average Bonchev–Trinajstić information content (AvgIpc) is 3.26. The van der Waals surface area contributed by atoms with Gasteiger partial charge in [0, 0.05) is 12.8 Å². The van der Waals surface area contributed by atoms with Gasteiger partial charge in [-0.3, -0.25) is 9.59 Å². The summed E-state index contributed by atoms with van der Waals surface area (Å²) in [5, 5.41) is 0. The molecule has 6 rings (SSSR count). The van der Waals surface area contributed by atoms with Crippen molar-refractivity contribution in [2.75, 3.05) is 0 Å². The monoisotopic (exact) mass is 774 g/mol. The zero-order valence-corrected chi connectivity index (χ0v) is 32.3. The predicted octanol–water partition coefficient (Wildman–Crippen LogP) is 11.9. The molecule has 0 aromatic heterocycles. The molecule has 0 saturated heterocycles. The fourth-order valence-corrected chi connectivity index (χ4v) is 6.31. The lowest BCUT2D eigenvalue weighted by atomic mass is 10.1. The lowest BCUT2D eigenvalue weighted by Crippen LogP contribution is -2.10. The third-order valence-corrected chi connectivity index (χ3v) is 9.50. The van der Waals surface area contributed by atoms with Gasteiger partial charge >= 0.3 is 23.9 Å². The Labute approximate surface area is 339 Å². The first kappa shape index (κ1) is 40.9. The first-order valence-corrected chi connectivity index (χ1v) is 19.8. The molecular weight excluding hydrogens is 729 g/mol. The summed E-state index contributed by atoms with van der Waals surface area (Å²) in [5.41, 5.74) is 4.94. The van der Waals surface area contributed by atoms with Crippen LogP contribution in [0, 0.1) is 0 Å². The second-order valence-electron chi connectivity index (χ2n) is 13.9. The summed E-state index contributed by atoms with van der Waals surface area (Å²) < 4.78 is 21.9. The number of rotatable bonds is 19. The van der Waals surface area contributed by atoms with Crippen molar-refractivity contribution in [2.45, 2.75) is 64.2 Å². The van der Waals surface area contributed by atoms with E-state index in [9.17, 15) is 19.2 Å². The quantitative estimate of drug-likeness (QED) is 0.0455. The van der Waals surface area contributed by atoms with E-state index >= 15 is 0 Å². The van der Waals surface area contributed by atoms with E-state index in [1.807, 2.05) is 84.9 Å². The van der Waals surface area contributed by atoms with Crippen molar-refractivity contribution in [1.82, 2.24) is 0 Å². The number of esters is 4. The second kappa shape index (κ2) is 21.5. The third kappa shape index (κ3) is 12.9. The molecule has 0 N–H and O–H groups in total. The molecule has 0 aliphatic rings. The van der Waals surface area contributed by atoms with Gasteiger partial charge in [0.1, 0.15) is 23.0 Å². The predicted molar refractivity (Wildman–Crippen MR) is 224 cm³/mol. The molecule has 6 aromatic carbocycles. The third-order valence-electron chi connectivity index (χ3n) is 9.50. The number of benzene rings is 6. The molecule has 58 heavy (non-hydrogen) atoms. The largest absolute Gasteiger partial charge is 0.427 e. The number of ether oxygens (including phenoxy) is 4. The highest BCUT2D eigenvalue weighted by molar-refractivity contribution is 5.92. The van der Waals surface area contributed by atoms with Gasteiger partial charge in [0.2, 0.25) is 0 Å². The molecule has 8 heteroatoms. The van der Waals surface area contributed by atoms with Crippen LogP contribution >= 0.6 is 0 Å². The average molecular weight is 775 g/mol. The Morgan fingerprint density at radius 2 is 0.569 bits per heavy atom. The minimum absolute atomic E-state index is 0.305. The van der Waals surface area contributed by atoms with Crippen LogP contribution in [0.3, 0.4) is 0 Å². The molecule has 6 aromatic rings. The summed E-state index contributed by atoms with van der Waals surface area (Å²) in [6, 6.07) is 47.3. The maximum atomic E-state index is 12.6. The Bertz CT molecular complexity index is 2050. The van der Waals surface area contributed by atoms with E-state index in [-0.39, 0.29) is 11.9 Å². The molecule has 0 amide bonds. The number of hydrogen-bond acceptors (Lipinski definition) is 8. The molecule has 294 valence electrons. The number of carbonyl (C=O) groups excluding carboxylic acids is 4. The zero-order valence-electron chi connectivity index (χ0n) is 32.3. The maximum absolute atomic E-state index is 12.6. The maximum Gasteiger partial charge on any atom is 0.343 e. The van der Waals surface area contributed by atoms with Gasteiger partial charge in [0.05, 0.1) is 11.1 Å². The molecule has 8 nitrogen and oxygen atoms in total. The highest BCUT2D eigenvalue weighted by Crippen LogP contribution is 2.25. The van der Waals surface area contributed by atoms with Gasteiger partial charge in [-0.05, 0) is 108 Å². The number of carbonyl (C=O) groups is 4. The molecule has 0 unspecified atom stereocenters. The first-order chi connectivity index (χ1) is 28.4. The van der Waals surface area contributed by atoms with E-state index in [0.29, 0.717) is 47.0 Å². The van der Waals surface area contributed by atoms with E-state index in [2.05, 4.69) is 0 Å². The van der Waals surface area contributed by atoms with E-state index < -0.39 is 11.9 Å². The summed E-state index contributed by atoms with van der Waals surface area (Å²) in [6.45, 7) is 0. The lowest BCUT2D eigenvalue weighted by molar-refractivity contribution is -0.135. The molecule has 0 radical (unpaired) electrons. The van der Waals surface area contributed by atoms with Crippen LogP contribution in [0.5, 0.6) is 23.0 Å². The Morgan fingerprint density at radius 1 is 0.293 bits per heavy atom. The molecule has 0 heterocycles. The van der Waals surface area contributed by atoms with Crippen molar-refractivity contribution in [3.8, 4) is 45.3 Å².